The molecule has 0 aromatic heterocycles. The molecule has 0 bridgehead atoms. The van der Waals surface area contributed by atoms with Crippen LogP contribution in [0.3, 0.4) is 0 Å². The maximum Gasteiger partial charge on any atom is 0.254 e. The fourth-order valence-electron chi connectivity index (χ4n) is 2.51. The van der Waals surface area contributed by atoms with Crippen molar-refractivity contribution in [2.45, 2.75) is 19.8 Å². The minimum absolute atomic E-state index is 0.112. The van der Waals surface area contributed by atoms with Crippen LogP contribution in [0.15, 0.2) is 23.4 Å². The number of benzene rings is 1. The van der Waals surface area contributed by atoms with Gasteiger partial charge in [-0.2, -0.15) is 0 Å². The van der Waals surface area contributed by atoms with E-state index in [1.54, 1.807) is 30.0 Å². The summed E-state index contributed by atoms with van der Waals surface area (Å²) in [6.45, 7) is 2.79. The minimum atomic E-state index is -0.131. The second-order valence-corrected chi connectivity index (χ2v) is 5.06. The number of amides is 1. The molecule has 1 atom stereocenters. The van der Waals surface area contributed by atoms with Crippen LogP contribution in [0.1, 0.15) is 28.8 Å². The number of phenols is 1. The number of piperidine rings is 1. The van der Waals surface area contributed by atoms with Crippen molar-refractivity contribution in [3.8, 4) is 5.75 Å². The highest BCUT2D eigenvalue weighted by atomic mass is 16.4. The fraction of sp³-hybridized carbons (Fsp3) is 0.429. The number of nitrogens with two attached hydrogens (primary N) is 1. The molecule has 20 heavy (non-hydrogen) atoms. The molecule has 0 spiro atoms. The van der Waals surface area contributed by atoms with E-state index in [1.807, 2.05) is 0 Å². The summed E-state index contributed by atoms with van der Waals surface area (Å²) in [6.07, 6.45) is 1.61. The van der Waals surface area contributed by atoms with Crippen molar-refractivity contribution in [1.29, 1.82) is 0 Å². The maximum absolute atomic E-state index is 12.5. The lowest BCUT2D eigenvalue weighted by Crippen LogP contribution is -2.44. The van der Waals surface area contributed by atoms with Crippen LogP contribution in [0, 0.1) is 12.8 Å². The van der Waals surface area contributed by atoms with E-state index in [9.17, 15) is 9.90 Å². The summed E-state index contributed by atoms with van der Waals surface area (Å²) in [5, 5.41) is 21.4. The largest absolute Gasteiger partial charge is 0.508 e. The number of carbonyl (C=O) groups excluding carboxylic acids is 1. The van der Waals surface area contributed by atoms with Gasteiger partial charge in [0.25, 0.3) is 5.91 Å². The number of carbonyl (C=O) groups is 1. The summed E-state index contributed by atoms with van der Waals surface area (Å²) >= 11 is 0. The summed E-state index contributed by atoms with van der Waals surface area (Å²) in [6, 6.07) is 4.91. The van der Waals surface area contributed by atoms with E-state index in [1.165, 1.54) is 0 Å². The molecule has 0 radical (unpaired) electrons. The topological polar surface area (TPSA) is 99.2 Å². The second kappa shape index (κ2) is 5.81. The standard InChI is InChI=1S/C14H19N3O3/c1-9-11(5-2-6-12(9)18)14(19)17-7-3-4-10(8-17)13(15)16-20/h2,5-6,10,18,20H,3-4,7-8H2,1H3,(H2,15,16). The molecular formula is C14H19N3O3. The normalized spacial score (nSPS) is 19.9. The van der Waals surface area contributed by atoms with Crippen molar-refractivity contribution in [1.82, 2.24) is 4.90 Å². The SMILES string of the molecule is Cc1c(O)cccc1C(=O)N1CCCC(/C(N)=N/O)C1. The summed E-state index contributed by atoms with van der Waals surface area (Å²) < 4.78 is 0. The third kappa shape index (κ3) is 2.68. The zero-order valence-corrected chi connectivity index (χ0v) is 11.4. The molecule has 1 aliphatic rings. The fourth-order valence-corrected chi connectivity index (χ4v) is 2.51. The Morgan fingerprint density at radius 2 is 2.25 bits per heavy atom. The average Bonchev–Trinajstić information content (AvgIpc) is 2.48. The highest BCUT2D eigenvalue weighted by molar-refractivity contribution is 5.96. The van der Waals surface area contributed by atoms with Gasteiger partial charge in [-0.3, -0.25) is 4.79 Å². The van der Waals surface area contributed by atoms with E-state index in [0.29, 0.717) is 24.2 Å². The Hall–Kier alpha value is -2.24. The lowest BCUT2D eigenvalue weighted by Gasteiger charge is -2.32. The lowest BCUT2D eigenvalue weighted by molar-refractivity contribution is 0.0700. The smallest absolute Gasteiger partial charge is 0.254 e. The van der Waals surface area contributed by atoms with Crippen molar-refractivity contribution in [3.63, 3.8) is 0 Å². The van der Waals surface area contributed by atoms with Crippen molar-refractivity contribution in [2.75, 3.05) is 13.1 Å². The molecule has 6 nitrogen and oxygen atoms in total. The molecule has 0 saturated carbocycles. The van der Waals surface area contributed by atoms with Gasteiger partial charge in [-0.15, -0.1) is 0 Å². The number of nitrogens with zero attached hydrogens (tertiary/aromatic N) is 2. The van der Waals surface area contributed by atoms with E-state index >= 15 is 0 Å². The first-order valence-electron chi connectivity index (χ1n) is 6.60. The molecule has 2 rings (SSSR count). The molecule has 1 saturated heterocycles. The molecule has 6 heteroatoms. The Morgan fingerprint density at radius 3 is 2.95 bits per heavy atom. The molecular weight excluding hydrogens is 258 g/mol. The molecule has 1 unspecified atom stereocenters. The number of rotatable bonds is 2. The van der Waals surface area contributed by atoms with Crippen LogP contribution in [0.2, 0.25) is 0 Å². The summed E-state index contributed by atoms with van der Waals surface area (Å²) in [5.74, 6) is 0.0279. The number of amidine groups is 1. The van der Waals surface area contributed by atoms with E-state index in [2.05, 4.69) is 5.16 Å². The molecule has 108 valence electrons. The molecule has 1 heterocycles. The van der Waals surface area contributed by atoms with Gasteiger partial charge in [0.1, 0.15) is 11.6 Å². The van der Waals surface area contributed by atoms with E-state index in [-0.39, 0.29) is 23.4 Å². The van der Waals surface area contributed by atoms with E-state index < -0.39 is 0 Å². The molecule has 1 amide bonds. The van der Waals surface area contributed by atoms with Crippen LogP contribution in [0.4, 0.5) is 0 Å². The monoisotopic (exact) mass is 277 g/mol. The molecule has 1 fully saturated rings. The molecule has 0 aliphatic carbocycles. The van der Waals surface area contributed by atoms with Crippen LogP contribution in [0.25, 0.3) is 0 Å². The predicted molar refractivity (Wildman–Crippen MR) is 74.9 cm³/mol. The van der Waals surface area contributed by atoms with E-state index in [0.717, 1.165) is 12.8 Å². The van der Waals surface area contributed by atoms with Crippen molar-refractivity contribution in [2.24, 2.45) is 16.8 Å². The van der Waals surface area contributed by atoms with Gasteiger partial charge in [-0.25, -0.2) is 0 Å². The zero-order valence-electron chi connectivity index (χ0n) is 11.4. The van der Waals surface area contributed by atoms with Gasteiger partial charge >= 0.3 is 0 Å². The number of hydrogen-bond acceptors (Lipinski definition) is 4. The molecule has 1 aliphatic heterocycles. The van der Waals surface area contributed by atoms with Crippen LogP contribution in [0.5, 0.6) is 5.75 Å². The van der Waals surface area contributed by atoms with Gasteiger partial charge in [-0.1, -0.05) is 11.2 Å². The van der Waals surface area contributed by atoms with E-state index in [4.69, 9.17) is 10.9 Å². The Morgan fingerprint density at radius 1 is 1.50 bits per heavy atom. The van der Waals surface area contributed by atoms with Crippen LogP contribution in [-0.4, -0.2) is 40.0 Å². The van der Waals surface area contributed by atoms with Crippen molar-refractivity contribution < 1.29 is 15.1 Å². The zero-order chi connectivity index (χ0) is 14.7. The summed E-state index contributed by atoms with van der Waals surface area (Å²) in [5.41, 5.74) is 6.69. The first kappa shape index (κ1) is 14.2. The number of hydrogen-bond donors (Lipinski definition) is 3. The molecule has 1 aromatic carbocycles. The van der Waals surface area contributed by atoms with Crippen LogP contribution >= 0.6 is 0 Å². The first-order valence-corrected chi connectivity index (χ1v) is 6.60. The summed E-state index contributed by atoms with van der Waals surface area (Å²) in [7, 11) is 0. The Kier molecular flexibility index (Phi) is 4.12. The molecule has 4 N–H and O–H groups in total. The van der Waals surface area contributed by atoms with Gasteiger partial charge in [0.2, 0.25) is 0 Å². The maximum atomic E-state index is 12.5. The number of oxime groups is 1. The Balaban J connectivity index is 2.19. The average molecular weight is 277 g/mol. The highest BCUT2D eigenvalue weighted by Crippen LogP contribution is 2.24. The Labute approximate surface area is 117 Å². The second-order valence-electron chi connectivity index (χ2n) is 5.06. The molecule has 1 aromatic rings. The number of phenolic OH excluding ortho intramolecular Hbond substituents is 1. The lowest BCUT2D eigenvalue weighted by atomic mass is 9.96. The first-order chi connectivity index (χ1) is 9.54. The van der Waals surface area contributed by atoms with Crippen LogP contribution < -0.4 is 5.73 Å². The third-order valence-electron chi connectivity index (χ3n) is 3.78. The quantitative estimate of drug-likeness (QED) is 0.328. The van der Waals surface area contributed by atoms with Gasteiger partial charge in [0.05, 0.1) is 0 Å². The van der Waals surface area contributed by atoms with Gasteiger partial charge in [-0.05, 0) is 31.9 Å². The van der Waals surface area contributed by atoms with Crippen molar-refractivity contribution in [3.05, 3.63) is 29.3 Å². The Bertz CT molecular complexity index is 542. The minimum Gasteiger partial charge on any atom is -0.508 e. The van der Waals surface area contributed by atoms with Crippen LogP contribution in [-0.2, 0) is 0 Å². The highest BCUT2D eigenvalue weighted by Gasteiger charge is 2.27. The number of likely N-dealkylation sites (tertiary alicyclic amines) is 1. The van der Waals surface area contributed by atoms with Crippen molar-refractivity contribution >= 4 is 11.7 Å². The predicted octanol–water partition coefficient (Wildman–Crippen LogP) is 1.30. The van der Waals surface area contributed by atoms with Gasteiger partial charge < -0.3 is 20.9 Å². The summed E-state index contributed by atoms with van der Waals surface area (Å²) in [4.78, 5) is 14.2. The van der Waals surface area contributed by atoms with Gasteiger partial charge in [0, 0.05) is 30.1 Å². The third-order valence-corrected chi connectivity index (χ3v) is 3.78. The number of aromatic hydroxyl groups is 1. The van der Waals surface area contributed by atoms with Gasteiger partial charge in [0.15, 0.2) is 0 Å².